The van der Waals surface area contributed by atoms with Crippen molar-refractivity contribution in [3.8, 4) is 0 Å². The van der Waals surface area contributed by atoms with Gasteiger partial charge in [0.2, 0.25) is 0 Å². The molecule has 0 aromatic heterocycles. The number of rotatable bonds is 2. The third-order valence-corrected chi connectivity index (χ3v) is 6.85. The lowest BCUT2D eigenvalue weighted by Gasteiger charge is -2.60. The first-order chi connectivity index (χ1) is 11.6. The van der Waals surface area contributed by atoms with Crippen molar-refractivity contribution in [1.29, 1.82) is 0 Å². The molecule has 24 heavy (non-hydrogen) atoms. The van der Waals surface area contributed by atoms with Gasteiger partial charge in [-0.1, -0.05) is 13.8 Å². The lowest BCUT2D eigenvalue weighted by molar-refractivity contribution is -0.188. The fourth-order valence-electron chi connectivity index (χ4n) is 5.43. The molecule has 0 amide bonds. The summed E-state index contributed by atoms with van der Waals surface area (Å²) < 4.78 is 11.7. The highest BCUT2D eigenvalue weighted by Gasteiger charge is 2.58. The largest absolute Gasteiger partial charge is 0.381 e. The van der Waals surface area contributed by atoms with Gasteiger partial charge in [0.25, 0.3) is 0 Å². The fraction of sp³-hybridized carbons (Fsp3) is 0.947. The van der Waals surface area contributed by atoms with Gasteiger partial charge in [0.05, 0.1) is 12.7 Å². The summed E-state index contributed by atoms with van der Waals surface area (Å²) in [6.45, 7) is 12.6. The van der Waals surface area contributed by atoms with Crippen LogP contribution < -0.4 is 5.32 Å². The summed E-state index contributed by atoms with van der Waals surface area (Å²) in [5.74, 6) is 1.76. The quantitative estimate of drug-likeness (QED) is 0.621. The van der Waals surface area contributed by atoms with E-state index < -0.39 is 0 Å². The number of nitrogens with zero attached hydrogens (tertiary/aromatic N) is 2. The first-order valence-corrected chi connectivity index (χ1v) is 9.81. The summed E-state index contributed by atoms with van der Waals surface area (Å²) in [4.78, 5) is 7.31. The standard InChI is InChI=1S/C19H33N3O2/c1-4-20-17(22-9-7-19(12-22)8-11-23-13-19)21-15-14-6-5-10-24-16(14)18(15,2)3/h14-16H,4-13H2,1-3H3,(H,20,21). The molecule has 0 aromatic carbocycles. The zero-order valence-electron chi connectivity index (χ0n) is 15.5. The molecule has 3 aliphatic heterocycles. The van der Waals surface area contributed by atoms with Crippen molar-refractivity contribution in [2.45, 2.75) is 58.6 Å². The van der Waals surface area contributed by atoms with E-state index in [0.29, 0.717) is 23.5 Å². The Labute approximate surface area is 146 Å². The molecule has 4 aliphatic rings. The van der Waals surface area contributed by atoms with Crippen LogP contribution in [0.2, 0.25) is 0 Å². The van der Waals surface area contributed by atoms with Gasteiger partial charge in [-0.15, -0.1) is 0 Å². The number of hydrogen-bond donors (Lipinski definition) is 1. The molecule has 5 heteroatoms. The van der Waals surface area contributed by atoms with E-state index in [2.05, 4.69) is 31.0 Å². The Morgan fingerprint density at radius 2 is 2.17 bits per heavy atom. The molecule has 0 bridgehead atoms. The number of likely N-dealkylation sites (tertiary alicyclic amines) is 1. The Morgan fingerprint density at radius 1 is 1.29 bits per heavy atom. The molecule has 1 spiro atoms. The van der Waals surface area contributed by atoms with E-state index >= 15 is 0 Å². The van der Waals surface area contributed by atoms with Crippen LogP contribution in [0.5, 0.6) is 0 Å². The number of fused-ring (bicyclic) bond motifs is 1. The van der Waals surface area contributed by atoms with Gasteiger partial charge in [-0.25, -0.2) is 0 Å². The summed E-state index contributed by atoms with van der Waals surface area (Å²) in [7, 11) is 0. The third-order valence-electron chi connectivity index (χ3n) is 6.85. The van der Waals surface area contributed by atoms with E-state index in [9.17, 15) is 0 Å². The van der Waals surface area contributed by atoms with E-state index in [1.54, 1.807) is 0 Å². The molecule has 0 aromatic rings. The van der Waals surface area contributed by atoms with Crippen LogP contribution in [0.1, 0.15) is 46.5 Å². The van der Waals surface area contributed by atoms with Gasteiger partial charge >= 0.3 is 0 Å². The van der Waals surface area contributed by atoms with E-state index in [4.69, 9.17) is 14.5 Å². The number of nitrogens with one attached hydrogen (secondary N) is 1. The molecular formula is C19H33N3O2. The van der Waals surface area contributed by atoms with E-state index in [-0.39, 0.29) is 5.41 Å². The maximum atomic E-state index is 6.06. The summed E-state index contributed by atoms with van der Waals surface area (Å²) >= 11 is 0. The zero-order valence-corrected chi connectivity index (χ0v) is 15.5. The van der Waals surface area contributed by atoms with Crippen LogP contribution in [0.3, 0.4) is 0 Å². The number of aliphatic imine (C=N–C) groups is 1. The lowest BCUT2D eigenvalue weighted by atomic mass is 9.55. The molecule has 1 saturated carbocycles. The van der Waals surface area contributed by atoms with Crippen molar-refractivity contribution >= 4 is 5.96 Å². The minimum atomic E-state index is 0.188. The van der Waals surface area contributed by atoms with Crippen LogP contribution in [0.15, 0.2) is 4.99 Å². The zero-order chi connectivity index (χ0) is 16.8. The topological polar surface area (TPSA) is 46.1 Å². The molecule has 3 saturated heterocycles. The minimum absolute atomic E-state index is 0.188. The van der Waals surface area contributed by atoms with Gasteiger partial charge in [-0.3, -0.25) is 4.99 Å². The summed E-state index contributed by atoms with van der Waals surface area (Å²) in [5.41, 5.74) is 0.565. The SMILES string of the molecule is CCN=C(NC1C2CCCOC2C1(C)C)N1CCC2(CCOC2)C1. The van der Waals surface area contributed by atoms with Gasteiger partial charge in [0.15, 0.2) is 5.96 Å². The van der Waals surface area contributed by atoms with Crippen molar-refractivity contribution < 1.29 is 9.47 Å². The lowest BCUT2D eigenvalue weighted by Crippen LogP contribution is -2.71. The van der Waals surface area contributed by atoms with Crippen LogP contribution >= 0.6 is 0 Å². The number of ether oxygens (including phenoxy) is 2. The number of hydrogen-bond acceptors (Lipinski definition) is 3. The second-order valence-electron chi connectivity index (χ2n) is 8.81. The normalized spacial score (nSPS) is 41.4. The van der Waals surface area contributed by atoms with Gasteiger partial charge < -0.3 is 19.7 Å². The van der Waals surface area contributed by atoms with Crippen molar-refractivity contribution in [3.63, 3.8) is 0 Å². The van der Waals surface area contributed by atoms with Gasteiger partial charge in [-0.2, -0.15) is 0 Å². The Hall–Kier alpha value is -0.810. The van der Waals surface area contributed by atoms with Crippen molar-refractivity contribution in [2.24, 2.45) is 21.7 Å². The van der Waals surface area contributed by atoms with E-state index in [1.807, 2.05) is 0 Å². The Bertz CT molecular complexity index is 499. The molecule has 4 unspecified atom stereocenters. The predicted octanol–water partition coefficient (Wildman–Crippen LogP) is 2.27. The van der Waals surface area contributed by atoms with Crippen LogP contribution in [-0.2, 0) is 9.47 Å². The summed E-state index contributed by atoms with van der Waals surface area (Å²) in [5, 5.41) is 3.85. The van der Waals surface area contributed by atoms with Gasteiger partial charge in [-0.05, 0) is 32.6 Å². The number of guanidine groups is 1. The van der Waals surface area contributed by atoms with Crippen LogP contribution in [0.4, 0.5) is 0 Å². The molecule has 136 valence electrons. The fourth-order valence-corrected chi connectivity index (χ4v) is 5.43. The smallest absolute Gasteiger partial charge is 0.194 e. The highest BCUT2D eigenvalue weighted by molar-refractivity contribution is 5.81. The molecule has 1 aliphatic carbocycles. The molecule has 5 nitrogen and oxygen atoms in total. The first-order valence-electron chi connectivity index (χ1n) is 9.81. The van der Waals surface area contributed by atoms with Crippen molar-refractivity contribution in [2.75, 3.05) is 39.5 Å². The molecule has 4 atom stereocenters. The van der Waals surface area contributed by atoms with Crippen molar-refractivity contribution in [3.05, 3.63) is 0 Å². The van der Waals surface area contributed by atoms with E-state index in [0.717, 1.165) is 45.4 Å². The maximum absolute atomic E-state index is 6.06. The molecular weight excluding hydrogens is 302 g/mol. The average Bonchev–Trinajstić information content (AvgIpc) is 3.21. The second kappa shape index (κ2) is 6.17. The highest BCUT2D eigenvalue weighted by Crippen LogP contribution is 2.51. The maximum Gasteiger partial charge on any atom is 0.194 e. The van der Waals surface area contributed by atoms with Crippen molar-refractivity contribution in [1.82, 2.24) is 10.2 Å². The summed E-state index contributed by atoms with van der Waals surface area (Å²) in [6.07, 6.45) is 5.33. The second-order valence-corrected chi connectivity index (χ2v) is 8.81. The predicted molar refractivity (Wildman–Crippen MR) is 95.2 cm³/mol. The van der Waals surface area contributed by atoms with Gasteiger partial charge in [0.1, 0.15) is 0 Å². The minimum Gasteiger partial charge on any atom is -0.381 e. The average molecular weight is 335 g/mol. The first kappa shape index (κ1) is 16.6. The molecule has 3 heterocycles. The van der Waals surface area contributed by atoms with Crippen LogP contribution in [-0.4, -0.2) is 62.5 Å². The Kier molecular flexibility index (Phi) is 4.28. The van der Waals surface area contributed by atoms with Crippen LogP contribution in [0, 0.1) is 16.7 Å². The molecule has 0 radical (unpaired) electrons. The molecule has 4 fully saturated rings. The highest BCUT2D eigenvalue weighted by atomic mass is 16.5. The summed E-state index contributed by atoms with van der Waals surface area (Å²) in [6, 6.07) is 0.476. The monoisotopic (exact) mass is 335 g/mol. The molecule has 1 N–H and O–H groups in total. The Balaban J connectivity index is 1.46. The van der Waals surface area contributed by atoms with Gasteiger partial charge in [0, 0.05) is 55.6 Å². The third kappa shape index (κ3) is 2.64. The molecule has 4 rings (SSSR count). The van der Waals surface area contributed by atoms with E-state index in [1.165, 1.54) is 25.7 Å². The van der Waals surface area contributed by atoms with Crippen LogP contribution in [0.25, 0.3) is 0 Å². The Morgan fingerprint density at radius 3 is 2.92 bits per heavy atom.